The molecule has 0 fully saturated rings. The van der Waals surface area contributed by atoms with Crippen molar-refractivity contribution in [2.45, 2.75) is 31.3 Å². The predicted molar refractivity (Wildman–Crippen MR) is 67.3 cm³/mol. The van der Waals surface area contributed by atoms with Gasteiger partial charge in [-0.3, -0.25) is 0 Å². The van der Waals surface area contributed by atoms with Gasteiger partial charge in [-0.15, -0.1) is 0 Å². The molecule has 0 radical (unpaired) electrons. The average molecular weight is 257 g/mol. The van der Waals surface area contributed by atoms with Crippen LogP contribution in [0.15, 0.2) is 29.2 Å². The molecule has 0 aliphatic heterocycles. The molecule has 0 aromatic heterocycles. The van der Waals surface area contributed by atoms with E-state index in [1.165, 1.54) is 11.4 Å². The zero-order valence-electron chi connectivity index (χ0n) is 10.4. The summed E-state index contributed by atoms with van der Waals surface area (Å²) in [6.45, 7) is 3.73. The van der Waals surface area contributed by atoms with E-state index in [0.29, 0.717) is 17.9 Å². The summed E-state index contributed by atoms with van der Waals surface area (Å²) in [5, 5.41) is 9.17. The molecular formula is C12H19NO3S. The van der Waals surface area contributed by atoms with Crippen LogP contribution < -0.4 is 0 Å². The molecule has 1 N–H and O–H groups in total. The molecule has 0 amide bonds. The van der Waals surface area contributed by atoms with Crippen LogP contribution in [0.3, 0.4) is 0 Å². The highest BCUT2D eigenvalue weighted by Crippen LogP contribution is 2.18. The Bertz CT molecular complexity index is 468. The molecular weight excluding hydrogens is 238 g/mol. The van der Waals surface area contributed by atoms with Crippen molar-refractivity contribution in [2.24, 2.45) is 0 Å². The Labute approximate surface area is 103 Å². The largest absolute Gasteiger partial charge is 0.393 e. The Morgan fingerprint density at radius 3 is 2.47 bits per heavy atom. The summed E-state index contributed by atoms with van der Waals surface area (Å²) in [4.78, 5) is 0.327. The molecule has 0 saturated carbocycles. The van der Waals surface area contributed by atoms with Gasteiger partial charge in [0.15, 0.2) is 0 Å². The molecule has 0 aliphatic rings. The fraction of sp³-hybridized carbons (Fsp3) is 0.500. The lowest BCUT2D eigenvalue weighted by Gasteiger charge is -2.19. The van der Waals surface area contributed by atoms with Gasteiger partial charge in [-0.25, -0.2) is 12.7 Å². The molecule has 96 valence electrons. The Morgan fingerprint density at radius 2 is 1.94 bits per heavy atom. The van der Waals surface area contributed by atoms with E-state index < -0.39 is 16.1 Å². The average Bonchev–Trinajstić information content (AvgIpc) is 2.26. The number of rotatable bonds is 5. The maximum atomic E-state index is 12.2. The minimum Gasteiger partial charge on any atom is -0.393 e. The summed E-state index contributed by atoms with van der Waals surface area (Å²) in [6.07, 6.45) is -0.0637. The minimum atomic E-state index is -3.44. The van der Waals surface area contributed by atoms with Crippen molar-refractivity contribution in [3.8, 4) is 0 Å². The molecule has 4 nitrogen and oxygen atoms in total. The van der Waals surface area contributed by atoms with Crippen molar-refractivity contribution < 1.29 is 13.5 Å². The molecule has 0 aliphatic carbocycles. The van der Waals surface area contributed by atoms with Gasteiger partial charge in [-0.2, -0.15) is 0 Å². The number of hydrogen-bond donors (Lipinski definition) is 1. The number of aliphatic hydroxyl groups excluding tert-OH is 1. The van der Waals surface area contributed by atoms with Gasteiger partial charge < -0.3 is 5.11 Å². The topological polar surface area (TPSA) is 57.6 Å². The first-order valence-corrected chi connectivity index (χ1v) is 6.99. The van der Waals surface area contributed by atoms with Crippen molar-refractivity contribution in [1.29, 1.82) is 0 Å². The molecule has 0 saturated heterocycles. The van der Waals surface area contributed by atoms with Crippen molar-refractivity contribution in [2.75, 3.05) is 13.6 Å². The summed E-state index contributed by atoms with van der Waals surface area (Å²) < 4.78 is 25.7. The highest BCUT2D eigenvalue weighted by molar-refractivity contribution is 7.89. The van der Waals surface area contributed by atoms with Crippen LogP contribution in [-0.4, -0.2) is 37.5 Å². The molecule has 1 aromatic carbocycles. The van der Waals surface area contributed by atoms with Gasteiger partial charge in [0.05, 0.1) is 11.0 Å². The number of benzene rings is 1. The van der Waals surface area contributed by atoms with Crippen LogP contribution >= 0.6 is 0 Å². The van der Waals surface area contributed by atoms with Crippen LogP contribution in [0.1, 0.15) is 18.9 Å². The summed E-state index contributed by atoms with van der Waals surface area (Å²) in [5.41, 5.74) is 0.733. The van der Waals surface area contributed by atoms with Gasteiger partial charge in [-0.1, -0.05) is 18.2 Å². The number of aliphatic hydroxyl groups is 1. The molecule has 1 unspecified atom stereocenters. The van der Waals surface area contributed by atoms with Gasteiger partial charge >= 0.3 is 0 Å². The van der Waals surface area contributed by atoms with Crippen molar-refractivity contribution in [3.63, 3.8) is 0 Å². The van der Waals surface area contributed by atoms with Gasteiger partial charge in [0.2, 0.25) is 10.0 Å². The van der Waals surface area contributed by atoms with Crippen LogP contribution in [0.25, 0.3) is 0 Å². The van der Waals surface area contributed by atoms with Gasteiger partial charge in [0, 0.05) is 13.6 Å². The first-order valence-electron chi connectivity index (χ1n) is 5.55. The van der Waals surface area contributed by atoms with Gasteiger partial charge in [-0.05, 0) is 31.9 Å². The third-order valence-corrected chi connectivity index (χ3v) is 4.66. The van der Waals surface area contributed by atoms with E-state index in [1.807, 2.05) is 6.07 Å². The standard InChI is InChI=1S/C12H19NO3S/c1-10-6-4-5-7-12(10)17(15,16)13(3)9-8-11(2)14/h4-7,11,14H,8-9H2,1-3H3. The summed E-state index contributed by atoms with van der Waals surface area (Å²) in [5.74, 6) is 0. The van der Waals surface area contributed by atoms with Gasteiger partial charge in [0.25, 0.3) is 0 Å². The van der Waals surface area contributed by atoms with E-state index in [2.05, 4.69) is 0 Å². The summed E-state index contributed by atoms with van der Waals surface area (Å²) >= 11 is 0. The zero-order chi connectivity index (χ0) is 13.1. The fourth-order valence-electron chi connectivity index (χ4n) is 1.50. The van der Waals surface area contributed by atoms with Crippen molar-refractivity contribution >= 4 is 10.0 Å². The number of hydrogen-bond acceptors (Lipinski definition) is 3. The van der Waals surface area contributed by atoms with Crippen LogP contribution in [0.4, 0.5) is 0 Å². The van der Waals surface area contributed by atoms with E-state index >= 15 is 0 Å². The summed E-state index contributed by atoms with van der Waals surface area (Å²) in [6, 6.07) is 6.89. The normalized spacial score (nSPS) is 13.9. The predicted octanol–water partition coefficient (Wildman–Crippen LogP) is 1.39. The van der Waals surface area contributed by atoms with Crippen molar-refractivity contribution in [1.82, 2.24) is 4.31 Å². The SMILES string of the molecule is Cc1ccccc1S(=O)(=O)N(C)CCC(C)O. The Hall–Kier alpha value is -0.910. The first-order chi connectivity index (χ1) is 7.85. The van der Waals surface area contributed by atoms with Gasteiger partial charge in [0.1, 0.15) is 0 Å². The third kappa shape index (κ3) is 3.52. The van der Waals surface area contributed by atoms with E-state index in [0.717, 1.165) is 5.56 Å². The smallest absolute Gasteiger partial charge is 0.243 e. The van der Waals surface area contributed by atoms with E-state index in [4.69, 9.17) is 0 Å². The highest BCUT2D eigenvalue weighted by Gasteiger charge is 2.22. The Balaban J connectivity index is 2.92. The lowest BCUT2D eigenvalue weighted by atomic mass is 10.2. The van der Waals surface area contributed by atoms with E-state index in [-0.39, 0.29) is 0 Å². The Kier molecular flexibility index (Phi) is 4.68. The molecule has 1 rings (SSSR count). The maximum absolute atomic E-state index is 12.2. The second kappa shape index (κ2) is 5.62. The highest BCUT2D eigenvalue weighted by atomic mass is 32.2. The molecule has 0 heterocycles. The molecule has 0 bridgehead atoms. The second-order valence-corrected chi connectivity index (χ2v) is 6.24. The second-order valence-electron chi connectivity index (χ2n) is 4.23. The molecule has 17 heavy (non-hydrogen) atoms. The maximum Gasteiger partial charge on any atom is 0.243 e. The summed E-state index contributed by atoms with van der Waals surface area (Å²) in [7, 11) is -1.91. The number of sulfonamides is 1. The minimum absolute atomic E-state index is 0.314. The molecule has 5 heteroatoms. The Morgan fingerprint density at radius 1 is 1.35 bits per heavy atom. The quantitative estimate of drug-likeness (QED) is 0.867. The van der Waals surface area contributed by atoms with Crippen molar-refractivity contribution in [3.05, 3.63) is 29.8 Å². The third-order valence-electron chi connectivity index (χ3n) is 2.64. The first kappa shape index (κ1) is 14.2. The monoisotopic (exact) mass is 257 g/mol. The number of aryl methyl sites for hydroxylation is 1. The lowest BCUT2D eigenvalue weighted by molar-refractivity contribution is 0.177. The van der Waals surface area contributed by atoms with Crippen LogP contribution in [0.5, 0.6) is 0 Å². The van der Waals surface area contributed by atoms with Crippen LogP contribution in [0.2, 0.25) is 0 Å². The lowest BCUT2D eigenvalue weighted by Crippen LogP contribution is -2.30. The number of nitrogens with zero attached hydrogens (tertiary/aromatic N) is 1. The fourth-order valence-corrected chi connectivity index (χ4v) is 2.91. The van der Waals surface area contributed by atoms with Crippen LogP contribution in [0, 0.1) is 6.92 Å². The van der Waals surface area contributed by atoms with E-state index in [1.54, 1.807) is 32.0 Å². The zero-order valence-corrected chi connectivity index (χ0v) is 11.2. The molecule has 1 atom stereocenters. The molecule has 0 spiro atoms. The molecule has 1 aromatic rings. The van der Waals surface area contributed by atoms with Crippen LogP contribution in [-0.2, 0) is 10.0 Å². The van der Waals surface area contributed by atoms with E-state index in [9.17, 15) is 13.5 Å².